The summed E-state index contributed by atoms with van der Waals surface area (Å²) < 4.78 is 92.7. The third-order valence-electron chi connectivity index (χ3n) is 19.6. The first kappa shape index (κ1) is 56.5. The van der Waals surface area contributed by atoms with E-state index in [0.717, 1.165) is 44.9 Å². The fourth-order valence-corrected chi connectivity index (χ4v) is 15.2. The monoisotopic (exact) mass is 1070 g/mol. The SMILES string of the molecule is COC1=C[C@H](C)O[C@@H](O[C@@H]2CC[C@@]3(C)C(=CC[C@H]4[C@H]5CC[C@](O)([C@@H](C)O[C@@H]6O[C@H]7OC[C@]8(C[C@@H](OC)[C@H](O[C@H]9C[C@H](OC)[C@H](O[C@H]%10C[C@H](OC)[C@H](O)[C@@H](C)O%10)[C@@H](C)O9)[C@@H](C)O8)OO[C@@H]7[C@@H](C)O6)[C@@]5(C)CC[C@@H]43)C2)C1=O. The van der Waals surface area contributed by atoms with Gasteiger partial charge in [-0.25, -0.2) is 4.89 Å². The van der Waals surface area contributed by atoms with Gasteiger partial charge in [-0.05, 0) is 122 Å². The van der Waals surface area contributed by atoms with E-state index in [1.807, 2.05) is 34.6 Å². The highest BCUT2D eigenvalue weighted by atomic mass is 17.2. The fraction of sp³-hybridized carbons (Fsp3) is 0.909. The minimum atomic E-state index is -1.38. The molecule has 26 atom stereocenters. The Morgan fingerprint density at radius 3 is 2.17 bits per heavy atom. The molecule has 3 saturated carbocycles. The number of hydrogen-bond acceptors (Lipinski definition) is 20. The van der Waals surface area contributed by atoms with Crippen molar-refractivity contribution in [2.24, 2.45) is 28.6 Å². The first-order chi connectivity index (χ1) is 35.7. The predicted octanol–water partition coefficient (Wildman–Crippen LogP) is 5.66. The molecule has 0 bridgehead atoms. The van der Waals surface area contributed by atoms with Gasteiger partial charge < -0.3 is 76.5 Å². The van der Waals surface area contributed by atoms with Gasteiger partial charge in [0.15, 0.2) is 30.7 Å². The van der Waals surface area contributed by atoms with Crippen LogP contribution in [0.3, 0.4) is 0 Å². The number of Topliss-reactive ketones (excluding diaryl/α,β-unsaturated/α-hetero) is 1. The Hall–Kier alpha value is -1.77. The number of allylic oxidation sites excluding steroid dienone is 1. The molecule has 0 amide bonds. The second-order valence-electron chi connectivity index (χ2n) is 23.8. The first-order valence-electron chi connectivity index (χ1n) is 27.8. The minimum absolute atomic E-state index is 0.0146. The summed E-state index contributed by atoms with van der Waals surface area (Å²) in [6, 6.07) is 0. The molecule has 6 heterocycles. The topological polar surface area (TPSA) is 214 Å². The zero-order valence-electron chi connectivity index (χ0n) is 46.1. The van der Waals surface area contributed by atoms with E-state index in [9.17, 15) is 15.0 Å². The van der Waals surface area contributed by atoms with Gasteiger partial charge in [0.05, 0.1) is 73.8 Å². The molecule has 0 aromatic carbocycles. The maximum absolute atomic E-state index is 13.0. The van der Waals surface area contributed by atoms with Crippen LogP contribution in [-0.2, 0) is 85.6 Å². The van der Waals surface area contributed by atoms with E-state index in [-0.39, 0.29) is 42.5 Å². The number of ketones is 1. The van der Waals surface area contributed by atoms with Gasteiger partial charge in [0.2, 0.25) is 12.1 Å². The molecule has 0 aromatic rings. The zero-order valence-corrected chi connectivity index (χ0v) is 46.1. The summed E-state index contributed by atoms with van der Waals surface area (Å²) in [5, 5.41) is 23.3. The van der Waals surface area contributed by atoms with Gasteiger partial charge in [0, 0.05) is 46.0 Å². The number of hydrogen-bond donors (Lipinski definition) is 2. The standard InChI is InChI=1S/C55H86O20/c1-27-21-38(59-9)45(57)49(64-27)69-34-15-18-52(7)33(22-34)13-14-35-36(52)16-19-53(8)37(35)17-20-55(53,58)32(6)68-51-67-30(4)48-50(72-51)63-26-54(75-74-48)25-41(62-12)47(31(5)73-54)71-43-24-40(61-11)46(29(3)66-43)70-42-23-39(60-10)44(56)28(2)65-42/h13,21,27-32,34-37,39-44,46-51,56,58H,14-20,22-26H2,1-12H3/t27-,28+,29+,30+,31+,32+,34+,35+,36-,37+,39-,40-,41+,42-,43-,44+,46+,47+,48+,49-,50+,51+,52-,53-,54-,55-/m0/s1. The van der Waals surface area contributed by atoms with E-state index in [1.54, 1.807) is 34.3 Å². The number of ether oxygens (including phenoxy) is 15. The molecular weight excluding hydrogens is 981 g/mol. The van der Waals surface area contributed by atoms with Gasteiger partial charge in [-0.2, -0.15) is 4.89 Å². The smallest absolute Gasteiger partial charge is 0.274 e. The molecule has 4 aliphatic carbocycles. The van der Waals surface area contributed by atoms with Crippen molar-refractivity contribution >= 4 is 5.78 Å². The second kappa shape index (κ2) is 22.3. The molecule has 0 radical (unpaired) electrons. The van der Waals surface area contributed by atoms with Crippen molar-refractivity contribution in [1.29, 1.82) is 0 Å². The van der Waals surface area contributed by atoms with E-state index in [0.29, 0.717) is 42.8 Å². The van der Waals surface area contributed by atoms with Gasteiger partial charge in [-0.15, -0.1) is 0 Å². The van der Waals surface area contributed by atoms with Gasteiger partial charge in [0.1, 0.15) is 24.9 Å². The Morgan fingerprint density at radius 2 is 1.45 bits per heavy atom. The van der Waals surface area contributed by atoms with Crippen LogP contribution in [0.15, 0.2) is 23.5 Å². The van der Waals surface area contributed by atoms with E-state index < -0.39 is 116 Å². The summed E-state index contributed by atoms with van der Waals surface area (Å²) in [6.07, 6.45) is 1.77. The van der Waals surface area contributed by atoms with E-state index in [4.69, 9.17) is 80.8 Å². The quantitative estimate of drug-likeness (QED) is 0.168. The summed E-state index contributed by atoms with van der Waals surface area (Å²) in [7, 11) is 6.31. The van der Waals surface area contributed by atoms with Crippen LogP contribution in [0.25, 0.3) is 0 Å². The molecule has 6 aliphatic heterocycles. The van der Waals surface area contributed by atoms with Crippen molar-refractivity contribution in [3.8, 4) is 0 Å². The molecule has 20 nitrogen and oxygen atoms in total. The van der Waals surface area contributed by atoms with E-state index >= 15 is 0 Å². The van der Waals surface area contributed by atoms with Crippen LogP contribution in [0.2, 0.25) is 0 Å². The van der Waals surface area contributed by atoms with Crippen molar-refractivity contribution in [2.45, 2.75) is 254 Å². The molecule has 5 saturated heterocycles. The lowest BCUT2D eigenvalue weighted by molar-refractivity contribution is -0.489. The maximum Gasteiger partial charge on any atom is 0.274 e. The maximum atomic E-state index is 13.0. The van der Waals surface area contributed by atoms with Crippen molar-refractivity contribution < 1.29 is 95.8 Å². The average Bonchev–Trinajstić information content (AvgIpc) is 3.54. The molecule has 2 N–H and O–H groups in total. The summed E-state index contributed by atoms with van der Waals surface area (Å²) in [5.74, 6) is -0.159. The molecule has 8 fully saturated rings. The molecular formula is C55H86O20. The Labute approximate surface area is 442 Å². The Kier molecular flexibility index (Phi) is 16.8. The Balaban J connectivity index is 0.728. The van der Waals surface area contributed by atoms with Crippen molar-refractivity contribution in [3.63, 3.8) is 0 Å². The molecule has 10 rings (SSSR count). The van der Waals surface area contributed by atoms with E-state index in [2.05, 4.69) is 19.9 Å². The molecule has 0 aromatic heterocycles. The number of fused-ring (bicyclic) bond motifs is 6. The minimum Gasteiger partial charge on any atom is -0.493 e. The van der Waals surface area contributed by atoms with Crippen LogP contribution in [0, 0.1) is 28.6 Å². The highest BCUT2D eigenvalue weighted by Gasteiger charge is 2.66. The first-order valence-corrected chi connectivity index (χ1v) is 27.8. The van der Waals surface area contributed by atoms with Gasteiger partial charge >= 0.3 is 0 Å². The van der Waals surface area contributed by atoms with Crippen LogP contribution in [-0.4, -0.2) is 180 Å². The number of aliphatic hydroxyl groups is 2. The Bertz CT molecular complexity index is 2060. The van der Waals surface area contributed by atoms with E-state index in [1.165, 1.54) is 12.7 Å². The van der Waals surface area contributed by atoms with Crippen LogP contribution in [0.1, 0.15) is 126 Å². The van der Waals surface area contributed by atoms with Crippen molar-refractivity contribution in [3.05, 3.63) is 23.5 Å². The molecule has 426 valence electrons. The lowest BCUT2D eigenvalue weighted by atomic mass is 9.46. The summed E-state index contributed by atoms with van der Waals surface area (Å²) in [5.41, 5.74) is -0.103. The fourth-order valence-electron chi connectivity index (χ4n) is 15.2. The summed E-state index contributed by atoms with van der Waals surface area (Å²) in [6.45, 7) is 14.7. The molecule has 20 heteroatoms. The lowest BCUT2D eigenvalue weighted by Gasteiger charge is -2.59. The van der Waals surface area contributed by atoms with Gasteiger partial charge in [-0.3, -0.25) is 9.53 Å². The van der Waals surface area contributed by atoms with Crippen LogP contribution >= 0.6 is 0 Å². The number of carbonyl (C=O) groups excluding carboxylic acids is 1. The second-order valence-corrected chi connectivity index (χ2v) is 23.8. The summed E-state index contributed by atoms with van der Waals surface area (Å²) in [4.78, 5) is 25.2. The number of methoxy groups -OCH3 is 4. The number of rotatable bonds is 13. The molecule has 10 aliphatic rings. The van der Waals surface area contributed by atoms with Crippen molar-refractivity contribution in [1.82, 2.24) is 0 Å². The van der Waals surface area contributed by atoms with Crippen LogP contribution < -0.4 is 0 Å². The highest BCUT2D eigenvalue weighted by molar-refractivity contribution is 5.96. The van der Waals surface area contributed by atoms with Crippen molar-refractivity contribution in [2.75, 3.05) is 35.0 Å². The zero-order chi connectivity index (χ0) is 53.4. The molecule has 75 heavy (non-hydrogen) atoms. The lowest BCUT2D eigenvalue weighted by Crippen LogP contribution is -2.60. The van der Waals surface area contributed by atoms with Gasteiger partial charge in [-0.1, -0.05) is 25.5 Å². The molecule has 1 spiro atoms. The number of carbonyl (C=O) groups is 1. The number of aliphatic hydroxyl groups excluding tert-OH is 1. The highest BCUT2D eigenvalue weighted by Crippen LogP contribution is 2.68. The average molecular weight is 1070 g/mol. The van der Waals surface area contributed by atoms with Gasteiger partial charge in [0.25, 0.3) is 12.3 Å². The third-order valence-corrected chi connectivity index (χ3v) is 19.6. The van der Waals surface area contributed by atoms with Crippen LogP contribution in [0.5, 0.6) is 0 Å². The normalized spacial score (nSPS) is 51.6. The molecule has 0 unspecified atom stereocenters. The summed E-state index contributed by atoms with van der Waals surface area (Å²) >= 11 is 0. The van der Waals surface area contributed by atoms with Crippen LogP contribution in [0.4, 0.5) is 0 Å². The largest absolute Gasteiger partial charge is 0.493 e. The predicted molar refractivity (Wildman–Crippen MR) is 262 cm³/mol. The Morgan fingerprint density at radius 1 is 0.760 bits per heavy atom. The third kappa shape index (κ3) is 10.5.